The van der Waals surface area contributed by atoms with Crippen LogP contribution in [0.15, 0.2) is 35.1 Å². The Kier molecular flexibility index (Phi) is 2.74. The first-order valence-corrected chi connectivity index (χ1v) is 6.33. The number of aromatic nitrogens is 2. The van der Waals surface area contributed by atoms with Crippen LogP contribution in [0, 0.1) is 0 Å². The summed E-state index contributed by atoms with van der Waals surface area (Å²) in [7, 11) is 0. The van der Waals surface area contributed by atoms with E-state index in [9.17, 15) is 14.7 Å². The summed E-state index contributed by atoms with van der Waals surface area (Å²) in [6.07, 6.45) is 2.54. The molecule has 5 heteroatoms. The van der Waals surface area contributed by atoms with Crippen molar-refractivity contribution in [1.29, 1.82) is 0 Å². The first-order chi connectivity index (χ1) is 9.20. The molecular weight excluding hydrogens is 244 g/mol. The number of benzene rings is 1. The van der Waals surface area contributed by atoms with Crippen molar-refractivity contribution in [2.24, 2.45) is 0 Å². The molecule has 1 N–H and O–H groups in total. The fraction of sp³-hybridized carbons (Fsp3) is 0.286. The van der Waals surface area contributed by atoms with Gasteiger partial charge < -0.3 is 5.11 Å². The van der Waals surface area contributed by atoms with Crippen molar-refractivity contribution in [3.8, 4) is 5.69 Å². The molecule has 2 heterocycles. The van der Waals surface area contributed by atoms with Gasteiger partial charge in [-0.3, -0.25) is 9.48 Å². The Morgan fingerprint density at radius 1 is 1.16 bits per heavy atom. The molecule has 1 aliphatic rings. The van der Waals surface area contributed by atoms with Crippen LogP contribution in [0.25, 0.3) is 5.69 Å². The molecule has 1 aromatic carbocycles. The molecule has 3 rings (SSSR count). The maximum atomic E-state index is 12.4. The monoisotopic (exact) mass is 258 g/mol. The fourth-order valence-corrected chi connectivity index (χ4v) is 2.67. The van der Waals surface area contributed by atoms with E-state index in [1.807, 2.05) is 35.0 Å². The minimum Gasteiger partial charge on any atom is -0.477 e. The SMILES string of the molecule is O=C(O)c1c2n(n(-c3ccccc3)c1=O)CCCC2. The van der Waals surface area contributed by atoms with Crippen molar-refractivity contribution in [3.63, 3.8) is 0 Å². The van der Waals surface area contributed by atoms with Gasteiger partial charge in [0.25, 0.3) is 5.56 Å². The van der Waals surface area contributed by atoms with E-state index in [1.54, 1.807) is 0 Å². The summed E-state index contributed by atoms with van der Waals surface area (Å²) in [6, 6.07) is 9.17. The molecule has 0 aliphatic carbocycles. The van der Waals surface area contributed by atoms with Gasteiger partial charge in [-0.1, -0.05) is 18.2 Å². The number of carboxylic acid groups (broad SMARTS) is 1. The molecule has 1 aliphatic heterocycles. The first-order valence-electron chi connectivity index (χ1n) is 6.33. The number of nitrogens with zero attached hydrogens (tertiary/aromatic N) is 2. The van der Waals surface area contributed by atoms with Crippen LogP contribution in [-0.2, 0) is 13.0 Å². The van der Waals surface area contributed by atoms with Crippen LogP contribution >= 0.6 is 0 Å². The molecule has 0 spiro atoms. The maximum Gasteiger partial charge on any atom is 0.343 e. The summed E-state index contributed by atoms with van der Waals surface area (Å²) in [4.78, 5) is 23.7. The molecular formula is C14H14N2O3. The predicted molar refractivity (Wildman–Crippen MR) is 69.9 cm³/mol. The number of carbonyl (C=O) groups is 1. The molecule has 0 saturated carbocycles. The van der Waals surface area contributed by atoms with Crippen molar-refractivity contribution in [1.82, 2.24) is 9.36 Å². The van der Waals surface area contributed by atoms with E-state index in [-0.39, 0.29) is 5.56 Å². The standard InChI is InChI=1S/C14H14N2O3/c17-13-12(14(18)19)11-8-4-5-9-15(11)16(13)10-6-2-1-3-7-10/h1-3,6-7H,4-5,8-9H2,(H,18,19). The highest BCUT2D eigenvalue weighted by molar-refractivity contribution is 5.88. The zero-order chi connectivity index (χ0) is 13.4. The Hall–Kier alpha value is -2.30. The van der Waals surface area contributed by atoms with Crippen molar-refractivity contribution in [2.75, 3.05) is 0 Å². The van der Waals surface area contributed by atoms with Gasteiger partial charge in [-0.15, -0.1) is 0 Å². The maximum absolute atomic E-state index is 12.4. The van der Waals surface area contributed by atoms with Crippen LogP contribution in [0.1, 0.15) is 28.9 Å². The summed E-state index contributed by atoms with van der Waals surface area (Å²) in [5.41, 5.74) is 0.843. The number of aromatic carboxylic acids is 1. The molecule has 19 heavy (non-hydrogen) atoms. The van der Waals surface area contributed by atoms with E-state index in [0.717, 1.165) is 12.8 Å². The Balaban J connectivity index is 2.31. The lowest BCUT2D eigenvalue weighted by Crippen LogP contribution is -2.24. The molecule has 0 unspecified atom stereocenters. The fourth-order valence-electron chi connectivity index (χ4n) is 2.67. The molecule has 0 fully saturated rings. The number of fused-ring (bicyclic) bond motifs is 1. The molecule has 0 bridgehead atoms. The Morgan fingerprint density at radius 3 is 2.58 bits per heavy atom. The zero-order valence-electron chi connectivity index (χ0n) is 10.4. The normalized spacial score (nSPS) is 14.1. The van der Waals surface area contributed by atoms with Gasteiger partial charge in [0.05, 0.1) is 11.4 Å². The Labute approximate surface area is 109 Å². The molecule has 2 aromatic rings. The van der Waals surface area contributed by atoms with Crippen LogP contribution in [0.4, 0.5) is 0 Å². The van der Waals surface area contributed by atoms with E-state index in [4.69, 9.17) is 0 Å². The summed E-state index contributed by atoms with van der Waals surface area (Å²) in [5, 5.41) is 9.26. The average Bonchev–Trinajstić information content (AvgIpc) is 2.71. The lowest BCUT2D eigenvalue weighted by atomic mass is 10.1. The second-order valence-corrected chi connectivity index (χ2v) is 4.66. The van der Waals surface area contributed by atoms with Gasteiger partial charge in [0, 0.05) is 6.54 Å². The second kappa shape index (κ2) is 4.42. The molecule has 0 amide bonds. The minimum atomic E-state index is -1.13. The molecule has 0 saturated heterocycles. The molecule has 1 aromatic heterocycles. The third-order valence-electron chi connectivity index (χ3n) is 3.50. The lowest BCUT2D eigenvalue weighted by molar-refractivity contribution is 0.0694. The van der Waals surface area contributed by atoms with Crippen LogP contribution < -0.4 is 5.56 Å². The van der Waals surface area contributed by atoms with Gasteiger partial charge in [0.1, 0.15) is 5.56 Å². The topological polar surface area (TPSA) is 64.2 Å². The predicted octanol–water partition coefficient (Wildman–Crippen LogP) is 1.67. The smallest absolute Gasteiger partial charge is 0.343 e. The highest BCUT2D eigenvalue weighted by atomic mass is 16.4. The second-order valence-electron chi connectivity index (χ2n) is 4.66. The molecule has 5 nitrogen and oxygen atoms in total. The highest BCUT2D eigenvalue weighted by Gasteiger charge is 2.26. The largest absolute Gasteiger partial charge is 0.477 e. The van der Waals surface area contributed by atoms with Gasteiger partial charge in [-0.05, 0) is 31.4 Å². The summed E-state index contributed by atoms with van der Waals surface area (Å²) < 4.78 is 3.29. The van der Waals surface area contributed by atoms with Gasteiger partial charge in [-0.2, -0.15) is 0 Å². The van der Waals surface area contributed by atoms with E-state index in [2.05, 4.69) is 0 Å². The average molecular weight is 258 g/mol. The third kappa shape index (κ3) is 1.78. The quantitative estimate of drug-likeness (QED) is 0.891. The van der Waals surface area contributed by atoms with Gasteiger partial charge in [0.15, 0.2) is 0 Å². The molecule has 0 radical (unpaired) electrons. The molecule has 98 valence electrons. The zero-order valence-corrected chi connectivity index (χ0v) is 10.4. The highest BCUT2D eigenvalue weighted by Crippen LogP contribution is 2.19. The van der Waals surface area contributed by atoms with Crippen molar-refractivity contribution in [3.05, 3.63) is 51.9 Å². The minimum absolute atomic E-state index is 0.0800. The van der Waals surface area contributed by atoms with Crippen molar-refractivity contribution >= 4 is 5.97 Å². The van der Waals surface area contributed by atoms with Crippen LogP contribution in [0.5, 0.6) is 0 Å². The van der Waals surface area contributed by atoms with Crippen molar-refractivity contribution < 1.29 is 9.90 Å². The number of para-hydroxylation sites is 1. The van der Waals surface area contributed by atoms with Crippen LogP contribution in [0.2, 0.25) is 0 Å². The Morgan fingerprint density at radius 2 is 1.89 bits per heavy atom. The summed E-state index contributed by atoms with van der Waals surface area (Å²) in [6.45, 7) is 0.687. The van der Waals surface area contributed by atoms with Gasteiger partial charge >= 0.3 is 5.97 Å². The van der Waals surface area contributed by atoms with E-state index in [1.165, 1.54) is 4.68 Å². The van der Waals surface area contributed by atoms with E-state index < -0.39 is 11.5 Å². The van der Waals surface area contributed by atoms with Crippen LogP contribution in [0.3, 0.4) is 0 Å². The Bertz CT molecular complexity index is 683. The summed E-state index contributed by atoms with van der Waals surface area (Å²) >= 11 is 0. The molecule has 0 atom stereocenters. The number of rotatable bonds is 2. The lowest BCUT2D eigenvalue weighted by Gasteiger charge is -2.18. The van der Waals surface area contributed by atoms with E-state index in [0.29, 0.717) is 24.3 Å². The number of hydrogen-bond donors (Lipinski definition) is 1. The van der Waals surface area contributed by atoms with Crippen molar-refractivity contribution in [2.45, 2.75) is 25.8 Å². The number of carboxylic acids is 1. The van der Waals surface area contributed by atoms with Gasteiger partial charge in [0.2, 0.25) is 0 Å². The third-order valence-corrected chi connectivity index (χ3v) is 3.50. The van der Waals surface area contributed by atoms with Crippen LogP contribution in [-0.4, -0.2) is 20.4 Å². The van der Waals surface area contributed by atoms with E-state index >= 15 is 0 Å². The first kappa shape index (κ1) is 11.8. The number of hydrogen-bond acceptors (Lipinski definition) is 2. The summed E-state index contributed by atoms with van der Waals surface area (Å²) in [5.74, 6) is -1.13. The van der Waals surface area contributed by atoms with Gasteiger partial charge in [-0.25, -0.2) is 9.48 Å².